The van der Waals surface area contributed by atoms with E-state index in [0.717, 1.165) is 6.42 Å². The van der Waals surface area contributed by atoms with Crippen LogP contribution in [0, 0.1) is 0 Å². The second-order valence-corrected chi connectivity index (χ2v) is 5.02. The number of rotatable bonds is 2. The molecular formula is C12H17NS. The summed E-state index contributed by atoms with van der Waals surface area (Å²) in [5, 5.41) is 2.14. The minimum absolute atomic E-state index is 0.453. The van der Waals surface area contributed by atoms with Gasteiger partial charge in [0.25, 0.3) is 0 Å². The quantitative estimate of drug-likeness (QED) is 0.741. The highest BCUT2D eigenvalue weighted by molar-refractivity contribution is 7.09. The third-order valence-corrected chi connectivity index (χ3v) is 3.74. The number of nitrogens with two attached hydrogens (primary N) is 1. The zero-order valence-electron chi connectivity index (χ0n) is 8.41. The molecule has 1 aliphatic rings. The van der Waals surface area contributed by atoms with Crippen LogP contribution in [0.2, 0.25) is 0 Å². The van der Waals surface area contributed by atoms with Gasteiger partial charge >= 0.3 is 0 Å². The maximum absolute atomic E-state index is 5.86. The fourth-order valence-corrected chi connectivity index (χ4v) is 2.56. The van der Waals surface area contributed by atoms with Crippen molar-refractivity contribution >= 4 is 11.3 Å². The SMILES string of the molecule is NC1CCC(=CCc2cccs2)CC1. The van der Waals surface area contributed by atoms with Gasteiger partial charge in [-0.25, -0.2) is 0 Å². The Hall–Kier alpha value is -0.600. The zero-order chi connectivity index (χ0) is 9.80. The first-order chi connectivity index (χ1) is 6.84. The predicted molar refractivity (Wildman–Crippen MR) is 62.5 cm³/mol. The van der Waals surface area contributed by atoms with Crippen molar-refractivity contribution < 1.29 is 0 Å². The molecule has 1 nitrogen and oxygen atoms in total. The molecule has 0 saturated heterocycles. The molecule has 0 radical (unpaired) electrons. The molecule has 1 aromatic rings. The topological polar surface area (TPSA) is 26.0 Å². The van der Waals surface area contributed by atoms with E-state index in [1.165, 1.54) is 30.6 Å². The van der Waals surface area contributed by atoms with Crippen LogP contribution in [-0.2, 0) is 6.42 Å². The minimum atomic E-state index is 0.453. The highest BCUT2D eigenvalue weighted by atomic mass is 32.1. The van der Waals surface area contributed by atoms with E-state index in [-0.39, 0.29) is 0 Å². The van der Waals surface area contributed by atoms with Crippen LogP contribution in [0.25, 0.3) is 0 Å². The standard InChI is InChI=1S/C12H17NS/c13-11-6-3-10(4-7-11)5-8-12-2-1-9-14-12/h1-2,5,9,11H,3-4,6-8,13H2. The Bertz CT molecular complexity index is 290. The lowest BCUT2D eigenvalue weighted by atomic mass is 9.91. The van der Waals surface area contributed by atoms with Crippen LogP contribution < -0.4 is 5.73 Å². The molecule has 2 rings (SSSR count). The summed E-state index contributed by atoms with van der Waals surface area (Å²) in [5.41, 5.74) is 7.47. The van der Waals surface area contributed by atoms with E-state index in [2.05, 4.69) is 23.6 Å². The maximum atomic E-state index is 5.86. The molecule has 1 saturated carbocycles. The first kappa shape index (κ1) is 9.94. The third-order valence-electron chi connectivity index (χ3n) is 2.84. The van der Waals surface area contributed by atoms with Gasteiger partial charge in [0.05, 0.1) is 0 Å². The molecule has 0 bridgehead atoms. The van der Waals surface area contributed by atoms with Crippen LogP contribution in [0.4, 0.5) is 0 Å². The van der Waals surface area contributed by atoms with E-state index in [4.69, 9.17) is 5.73 Å². The van der Waals surface area contributed by atoms with E-state index >= 15 is 0 Å². The zero-order valence-corrected chi connectivity index (χ0v) is 9.22. The molecule has 1 heterocycles. The van der Waals surface area contributed by atoms with E-state index in [0.29, 0.717) is 6.04 Å². The van der Waals surface area contributed by atoms with Gasteiger partial charge < -0.3 is 5.73 Å². The Labute approximate surface area is 89.6 Å². The number of thiophene rings is 1. The van der Waals surface area contributed by atoms with Crippen molar-refractivity contribution in [1.82, 2.24) is 0 Å². The summed E-state index contributed by atoms with van der Waals surface area (Å²) in [7, 11) is 0. The Kier molecular flexibility index (Phi) is 3.38. The Morgan fingerprint density at radius 2 is 2.21 bits per heavy atom. The summed E-state index contributed by atoms with van der Waals surface area (Å²) in [6, 6.07) is 4.78. The van der Waals surface area contributed by atoms with Crippen molar-refractivity contribution in [3.05, 3.63) is 34.0 Å². The lowest BCUT2D eigenvalue weighted by molar-refractivity contribution is 0.510. The average Bonchev–Trinajstić information content (AvgIpc) is 2.70. The molecule has 1 aromatic heterocycles. The second kappa shape index (κ2) is 4.76. The lowest BCUT2D eigenvalue weighted by Crippen LogP contribution is -2.23. The summed E-state index contributed by atoms with van der Waals surface area (Å²) < 4.78 is 0. The van der Waals surface area contributed by atoms with Crippen LogP contribution in [0.15, 0.2) is 29.2 Å². The number of hydrogen-bond acceptors (Lipinski definition) is 2. The smallest absolute Gasteiger partial charge is 0.00829 e. The molecule has 0 aliphatic heterocycles. The fourth-order valence-electron chi connectivity index (χ4n) is 1.89. The fraction of sp³-hybridized carbons (Fsp3) is 0.500. The molecule has 1 fully saturated rings. The van der Waals surface area contributed by atoms with Crippen LogP contribution in [0.5, 0.6) is 0 Å². The second-order valence-electron chi connectivity index (χ2n) is 3.98. The van der Waals surface area contributed by atoms with Gasteiger partial charge in [-0.2, -0.15) is 0 Å². The highest BCUT2D eigenvalue weighted by Crippen LogP contribution is 2.23. The monoisotopic (exact) mass is 207 g/mol. The van der Waals surface area contributed by atoms with Crippen molar-refractivity contribution in [2.75, 3.05) is 0 Å². The Balaban J connectivity index is 1.86. The highest BCUT2D eigenvalue weighted by Gasteiger charge is 2.11. The molecule has 0 spiro atoms. The molecule has 1 aliphatic carbocycles. The van der Waals surface area contributed by atoms with Crippen LogP contribution in [-0.4, -0.2) is 6.04 Å². The molecule has 76 valence electrons. The van der Waals surface area contributed by atoms with E-state index in [1.807, 2.05) is 11.3 Å². The van der Waals surface area contributed by atoms with E-state index < -0.39 is 0 Å². The molecular weight excluding hydrogens is 190 g/mol. The summed E-state index contributed by atoms with van der Waals surface area (Å²) in [6.07, 6.45) is 8.30. The molecule has 2 heteroatoms. The Morgan fingerprint density at radius 3 is 2.86 bits per heavy atom. The maximum Gasteiger partial charge on any atom is 0.00829 e. The normalized spacial score (nSPS) is 22.4. The predicted octanol–water partition coefficient (Wildman–Crippen LogP) is 3.12. The number of allylic oxidation sites excluding steroid dienone is 2. The van der Waals surface area contributed by atoms with Gasteiger partial charge in [0.2, 0.25) is 0 Å². The van der Waals surface area contributed by atoms with Crippen LogP contribution in [0.3, 0.4) is 0 Å². The first-order valence-corrected chi connectivity index (χ1v) is 6.18. The third kappa shape index (κ3) is 2.69. The van der Waals surface area contributed by atoms with Crippen LogP contribution >= 0.6 is 11.3 Å². The van der Waals surface area contributed by atoms with Gasteiger partial charge in [0, 0.05) is 10.9 Å². The van der Waals surface area contributed by atoms with Crippen molar-refractivity contribution in [1.29, 1.82) is 0 Å². The summed E-state index contributed by atoms with van der Waals surface area (Å²) in [4.78, 5) is 1.47. The first-order valence-electron chi connectivity index (χ1n) is 5.30. The summed E-state index contributed by atoms with van der Waals surface area (Å²) in [5.74, 6) is 0. The van der Waals surface area contributed by atoms with Crippen LogP contribution in [0.1, 0.15) is 30.6 Å². The summed E-state index contributed by atoms with van der Waals surface area (Å²) >= 11 is 1.84. The van der Waals surface area contributed by atoms with Crippen molar-refractivity contribution in [3.63, 3.8) is 0 Å². The molecule has 2 N–H and O–H groups in total. The van der Waals surface area contributed by atoms with Gasteiger partial charge in [0.1, 0.15) is 0 Å². The van der Waals surface area contributed by atoms with Crippen molar-refractivity contribution in [2.45, 2.75) is 38.1 Å². The van der Waals surface area contributed by atoms with Gasteiger partial charge in [-0.1, -0.05) is 17.7 Å². The summed E-state index contributed by atoms with van der Waals surface area (Å²) in [6.45, 7) is 0. The van der Waals surface area contributed by atoms with Gasteiger partial charge in [-0.05, 0) is 43.6 Å². The molecule has 0 amide bonds. The largest absolute Gasteiger partial charge is 0.328 e. The van der Waals surface area contributed by atoms with Gasteiger partial charge in [0.15, 0.2) is 0 Å². The van der Waals surface area contributed by atoms with E-state index in [1.54, 1.807) is 5.57 Å². The number of hydrogen-bond donors (Lipinski definition) is 1. The molecule has 0 atom stereocenters. The molecule has 0 unspecified atom stereocenters. The molecule has 0 aromatic carbocycles. The minimum Gasteiger partial charge on any atom is -0.328 e. The Morgan fingerprint density at radius 1 is 1.43 bits per heavy atom. The average molecular weight is 207 g/mol. The van der Waals surface area contributed by atoms with Crippen molar-refractivity contribution in [3.8, 4) is 0 Å². The lowest BCUT2D eigenvalue weighted by Gasteiger charge is -2.19. The van der Waals surface area contributed by atoms with Gasteiger partial charge in [-0.3, -0.25) is 0 Å². The van der Waals surface area contributed by atoms with Gasteiger partial charge in [-0.15, -0.1) is 11.3 Å². The van der Waals surface area contributed by atoms with E-state index in [9.17, 15) is 0 Å². The molecule has 14 heavy (non-hydrogen) atoms. The van der Waals surface area contributed by atoms with Crippen molar-refractivity contribution in [2.24, 2.45) is 5.73 Å².